The summed E-state index contributed by atoms with van der Waals surface area (Å²) in [5.74, 6) is 0. The highest BCUT2D eigenvalue weighted by molar-refractivity contribution is 9.10. The van der Waals surface area contributed by atoms with Gasteiger partial charge in [-0.2, -0.15) is 0 Å². The summed E-state index contributed by atoms with van der Waals surface area (Å²) in [7, 11) is 4.21. The van der Waals surface area contributed by atoms with Gasteiger partial charge in [0, 0.05) is 6.20 Å². The topological polar surface area (TPSA) is 19.0 Å². The fraction of sp³-hybridized carbons (Fsp3) is 0.636. The fourth-order valence-corrected chi connectivity index (χ4v) is 1.56. The van der Waals surface area contributed by atoms with Crippen molar-refractivity contribution in [3.63, 3.8) is 0 Å². The predicted octanol–water partition coefficient (Wildman–Crippen LogP) is 3.30. The number of halogens is 1. The molecule has 0 atom stereocenters. The molecule has 1 N–H and O–H groups in total. The van der Waals surface area contributed by atoms with Crippen molar-refractivity contribution >= 4 is 15.9 Å². The van der Waals surface area contributed by atoms with Gasteiger partial charge in [-0.15, -0.1) is 0 Å². The van der Waals surface area contributed by atoms with Gasteiger partial charge < -0.3 is 9.88 Å². The Morgan fingerprint density at radius 3 is 2.43 bits per heavy atom. The van der Waals surface area contributed by atoms with Gasteiger partial charge in [-0.05, 0) is 61.0 Å². The summed E-state index contributed by atoms with van der Waals surface area (Å²) in [6.07, 6.45) is 4.43. The molecule has 82 valence electrons. The van der Waals surface area contributed by atoms with E-state index in [9.17, 15) is 0 Å². The maximum absolute atomic E-state index is 3.39. The van der Waals surface area contributed by atoms with Crippen LogP contribution in [0.2, 0.25) is 0 Å². The van der Waals surface area contributed by atoms with Crippen LogP contribution < -0.4 is 0 Å². The highest BCUT2D eigenvalue weighted by Gasteiger charge is 1.96. The molecule has 0 saturated heterocycles. The van der Waals surface area contributed by atoms with Crippen molar-refractivity contribution in [3.8, 4) is 0 Å². The van der Waals surface area contributed by atoms with Crippen molar-refractivity contribution in [1.82, 2.24) is 9.88 Å². The molecule has 1 aromatic rings. The number of nitrogens with one attached hydrogen (secondary N) is 1. The minimum Gasteiger partial charge on any atom is -0.356 e. The number of aryl methyl sites for hydroxylation is 1. The molecular weight excluding hydrogens is 240 g/mol. The summed E-state index contributed by atoms with van der Waals surface area (Å²) >= 11 is 3.39. The quantitative estimate of drug-likeness (QED) is 0.881. The summed E-state index contributed by atoms with van der Waals surface area (Å²) in [6.45, 7) is 5.16. The zero-order chi connectivity index (χ0) is 11.0. The van der Waals surface area contributed by atoms with E-state index in [1.54, 1.807) is 0 Å². The van der Waals surface area contributed by atoms with Crippen LogP contribution in [0.5, 0.6) is 0 Å². The Balaban J connectivity index is 0.000000791. The summed E-state index contributed by atoms with van der Waals surface area (Å²) in [4.78, 5) is 5.32. The Labute approximate surface area is 95.8 Å². The van der Waals surface area contributed by atoms with Crippen LogP contribution in [0.15, 0.2) is 16.9 Å². The van der Waals surface area contributed by atoms with Crippen molar-refractivity contribution in [2.75, 3.05) is 20.6 Å². The first kappa shape index (κ1) is 13.7. The van der Waals surface area contributed by atoms with Crippen molar-refractivity contribution < 1.29 is 0 Å². The molecule has 0 radical (unpaired) electrons. The smallest absolute Gasteiger partial charge is 0.0822 e. The number of aromatic nitrogens is 1. The van der Waals surface area contributed by atoms with Crippen LogP contribution in [0.4, 0.5) is 0 Å². The third kappa shape index (κ3) is 6.22. The number of nitrogens with zero attached hydrogens (tertiary/aromatic N) is 1. The van der Waals surface area contributed by atoms with Crippen molar-refractivity contribution in [3.05, 3.63) is 22.4 Å². The lowest BCUT2D eigenvalue weighted by Gasteiger charge is -2.07. The van der Waals surface area contributed by atoms with Gasteiger partial charge >= 0.3 is 0 Å². The molecule has 1 aromatic heterocycles. The van der Waals surface area contributed by atoms with E-state index in [1.807, 2.05) is 13.8 Å². The number of H-pyrrole nitrogens is 1. The maximum Gasteiger partial charge on any atom is 0.0822 e. The Morgan fingerprint density at radius 2 is 2.00 bits per heavy atom. The van der Waals surface area contributed by atoms with Gasteiger partial charge in [-0.25, -0.2) is 0 Å². The first-order valence-corrected chi connectivity index (χ1v) is 5.95. The highest BCUT2D eigenvalue weighted by atomic mass is 79.9. The van der Waals surface area contributed by atoms with E-state index >= 15 is 0 Å². The summed E-state index contributed by atoms with van der Waals surface area (Å²) < 4.78 is 1.07. The second-order valence-corrected chi connectivity index (χ2v) is 4.12. The van der Waals surface area contributed by atoms with E-state index in [0.29, 0.717) is 0 Å². The van der Waals surface area contributed by atoms with Crippen LogP contribution in [0, 0.1) is 0 Å². The Kier molecular flexibility index (Phi) is 7.90. The van der Waals surface area contributed by atoms with Gasteiger partial charge in [0.1, 0.15) is 0 Å². The molecule has 0 amide bonds. The van der Waals surface area contributed by atoms with Gasteiger partial charge in [-0.1, -0.05) is 13.8 Å². The molecule has 0 aromatic carbocycles. The second kappa shape index (κ2) is 8.06. The monoisotopic (exact) mass is 260 g/mol. The van der Waals surface area contributed by atoms with Crippen molar-refractivity contribution in [2.45, 2.75) is 26.7 Å². The lowest BCUT2D eigenvalue weighted by molar-refractivity contribution is 0.400. The summed E-state index contributed by atoms with van der Waals surface area (Å²) in [6, 6.07) is 2.13. The molecule has 2 nitrogen and oxygen atoms in total. The molecule has 1 rings (SSSR count). The molecule has 0 aliphatic heterocycles. The highest BCUT2D eigenvalue weighted by Crippen LogP contribution is 2.11. The minimum absolute atomic E-state index is 1.07. The van der Waals surface area contributed by atoms with Gasteiger partial charge in [0.15, 0.2) is 0 Å². The Morgan fingerprint density at radius 1 is 1.36 bits per heavy atom. The number of hydrogen-bond donors (Lipinski definition) is 1. The SMILES string of the molecule is CC.CN(C)CCCc1c[nH]c(Br)c1. The minimum atomic E-state index is 1.07. The molecule has 0 fully saturated rings. The zero-order valence-electron chi connectivity index (χ0n) is 9.60. The number of aromatic amines is 1. The zero-order valence-corrected chi connectivity index (χ0v) is 11.2. The fourth-order valence-electron chi connectivity index (χ4n) is 1.15. The van der Waals surface area contributed by atoms with Gasteiger partial charge in [-0.3, -0.25) is 0 Å². The second-order valence-electron chi connectivity index (χ2n) is 3.26. The number of rotatable bonds is 4. The average Bonchev–Trinajstić information content (AvgIpc) is 2.54. The van der Waals surface area contributed by atoms with Crippen molar-refractivity contribution in [2.24, 2.45) is 0 Å². The predicted molar refractivity (Wildman–Crippen MR) is 66.7 cm³/mol. The first-order valence-electron chi connectivity index (χ1n) is 5.16. The molecule has 3 heteroatoms. The molecule has 0 aliphatic rings. The van der Waals surface area contributed by atoms with Gasteiger partial charge in [0.25, 0.3) is 0 Å². The molecule has 0 spiro atoms. The van der Waals surface area contributed by atoms with E-state index in [0.717, 1.165) is 17.6 Å². The van der Waals surface area contributed by atoms with E-state index in [2.05, 4.69) is 52.2 Å². The molecule has 0 unspecified atom stereocenters. The molecule has 1 heterocycles. The van der Waals surface area contributed by atoms with E-state index < -0.39 is 0 Å². The summed E-state index contributed by atoms with van der Waals surface area (Å²) in [5, 5.41) is 0. The maximum atomic E-state index is 3.39. The molecule has 14 heavy (non-hydrogen) atoms. The van der Waals surface area contributed by atoms with Crippen molar-refractivity contribution in [1.29, 1.82) is 0 Å². The Hall–Kier alpha value is -0.280. The standard InChI is InChI=1S/C9H15BrN2.C2H6/c1-12(2)5-3-4-8-6-9(10)11-7-8;1-2/h6-7,11H,3-5H2,1-2H3;1-2H3. The van der Waals surface area contributed by atoms with E-state index in [-0.39, 0.29) is 0 Å². The average molecular weight is 261 g/mol. The first-order chi connectivity index (χ1) is 6.68. The normalized spacial score (nSPS) is 9.86. The Bertz CT molecular complexity index is 231. The third-order valence-electron chi connectivity index (χ3n) is 1.78. The molecular formula is C11H21BrN2. The largest absolute Gasteiger partial charge is 0.356 e. The van der Waals surface area contributed by atoms with Gasteiger partial charge in [0.05, 0.1) is 4.60 Å². The van der Waals surface area contributed by atoms with Crippen LogP contribution in [-0.2, 0) is 6.42 Å². The van der Waals surface area contributed by atoms with Crippen LogP contribution in [0.3, 0.4) is 0 Å². The lowest BCUT2D eigenvalue weighted by atomic mass is 10.2. The molecule has 0 bridgehead atoms. The van der Waals surface area contributed by atoms with Crippen LogP contribution >= 0.6 is 15.9 Å². The third-order valence-corrected chi connectivity index (χ3v) is 2.24. The lowest BCUT2D eigenvalue weighted by Crippen LogP contribution is -2.13. The number of hydrogen-bond acceptors (Lipinski definition) is 1. The van der Waals surface area contributed by atoms with Gasteiger partial charge in [0.2, 0.25) is 0 Å². The summed E-state index contributed by atoms with van der Waals surface area (Å²) in [5.41, 5.74) is 1.38. The van der Waals surface area contributed by atoms with Crippen LogP contribution in [0.25, 0.3) is 0 Å². The molecule has 0 saturated carbocycles. The van der Waals surface area contributed by atoms with Crippen LogP contribution in [-0.4, -0.2) is 30.5 Å². The molecule has 0 aliphatic carbocycles. The van der Waals surface area contributed by atoms with E-state index in [4.69, 9.17) is 0 Å². The van der Waals surface area contributed by atoms with E-state index in [1.165, 1.54) is 12.0 Å². The van der Waals surface area contributed by atoms with Crippen LogP contribution in [0.1, 0.15) is 25.8 Å².